The van der Waals surface area contributed by atoms with Crippen LogP contribution < -0.4 is 5.32 Å². The third kappa shape index (κ3) is 5.46. The van der Waals surface area contributed by atoms with E-state index >= 15 is 0 Å². The first-order chi connectivity index (χ1) is 8.84. The number of methoxy groups -OCH3 is 1. The van der Waals surface area contributed by atoms with Gasteiger partial charge in [0.2, 0.25) is 0 Å². The normalized spacial score (nSPS) is 19.8. The summed E-state index contributed by atoms with van der Waals surface area (Å²) in [6.45, 7) is 6.00. The molecular weight excluding hydrogens is 248 g/mol. The molecule has 1 saturated heterocycles. The highest BCUT2D eigenvalue weighted by atomic mass is 16.5. The number of ether oxygens (including phenoxy) is 1. The lowest BCUT2D eigenvalue weighted by Gasteiger charge is -2.38. The van der Waals surface area contributed by atoms with Crippen LogP contribution in [0.2, 0.25) is 0 Å². The summed E-state index contributed by atoms with van der Waals surface area (Å²) in [4.78, 5) is 24.4. The summed E-state index contributed by atoms with van der Waals surface area (Å²) in [5.41, 5.74) is 0.150. The maximum absolute atomic E-state index is 12.0. The lowest BCUT2D eigenvalue weighted by atomic mass is 9.84. The van der Waals surface area contributed by atoms with Crippen molar-refractivity contribution in [2.24, 2.45) is 5.41 Å². The van der Waals surface area contributed by atoms with Crippen LogP contribution in [0.4, 0.5) is 4.79 Å². The zero-order valence-corrected chi connectivity index (χ0v) is 11.9. The van der Waals surface area contributed by atoms with E-state index < -0.39 is 12.1 Å². The maximum Gasteiger partial charge on any atom is 0.317 e. The predicted molar refractivity (Wildman–Crippen MR) is 71.0 cm³/mol. The number of hydrogen-bond acceptors (Lipinski definition) is 3. The molecule has 1 fully saturated rings. The summed E-state index contributed by atoms with van der Waals surface area (Å²) in [5, 5.41) is 11.4. The second-order valence-electron chi connectivity index (χ2n) is 5.83. The minimum atomic E-state index is -0.930. The fourth-order valence-corrected chi connectivity index (χ4v) is 2.34. The highest BCUT2D eigenvalue weighted by Crippen LogP contribution is 2.28. The minimum absolute atomic E-state index is 0.109. The number of piperidine rings is 1. The van der Waals surface area contributed by atoms with E-state index in [1.165, 1.54) is 7.11 Å². The number of carbonyl (C=O) groups is 2. The molecule has 1 unspecified atom stereocenters. The van der Waals surface area contributed by atoms with E-state index in [4.69, 9.17) is 9.84 Å². The Morgan fingerprint density at radius 3 is 2.68 bits per heavy atom. The molecule has 0 spiro atoms. The van der Waals surface area contributed by atoms with Crippen molar-refractivity contribution in [3.05, 3.63) is 0 Å². The molecule has 6 nitrogen and oxygen atoms in total. The SMILES string of the molecule is COC(CNC(=O)N1CCCC(C)(C)C1)CC(=O)O. The standard InChI is InChI=1S/C13H24N2O4/c1-13(2)5-4-6-15(9-13)12(18)14-8-10(19-3)7-11(16)17/h10H,4-9H2,1-3H3,(H,14,18)(H,16,17). The van der Waals surface area contributed by atoms with Gasteiger partial charge in [0.25, 0.3) is 0 Å². The number of carboxylic acid groups (broad SMARTS) is 1. The molecule has 1 aliphatic heterocycles. The van der Waals surface area contributed by atoms with Crippen LogP contribution in [0, 0.1) is 5.41 Å². The fraction of sp³-hybridized carbons (Fsp3) is 0.846. The average Bonchev–Trinajstić information content (AvgIpc) is 2.32. The summed E-state index contributed by atoms with van der Waals surface area (Å²) >= 11 is 0. The van der Waals surface area contributed by atoms with E-state index in [-0.39, 0.29) is 24.4 Å². The van der Waals surface area contributed by atoms with Crippen molar-refractivity contribution >= 4 is 12.0 Å². The van der Waals surface area contributed by atoms with Crippen molar-refractivity contribution in [1.82, 2.24) is 10.2 Å². The van der Waals surface area contributed by atoms with Gasteiger partial charge >= 0.3 is 12.0 Å². The van der Waals surface area contributed by atoms with Gasteiger partial charge in [0.05, 0.1) is 12.5 Å². The number of carbonyl (C=O) groups excluding carboxylic acids is 1. The summed E-state index contributed by atoms with van der Waals surface area (Å²) < 4.78 is 5.03. The Labute approximate surface area is 114 Å². The topological polar surface area (TPSA) is 78.9 Å². The van der Waals surface area contributed by atoms with Gasteiger partial charge in [-0.15, -0.1) is 0 Å². The van der Waals surface area contributed by atoms with Crippen LogP contribution in [0.1, 0.15) is 33.1 Å². The Morgan fingerprint density at radius 1 is 1.47 bits per heavy atom. The average molecular weight is 272 g/mol. The van der Waals surface area contributed by atoms with E-state index in [0.717, 1.165) is 25.9 Å². The van der Waals surface area contributed by atoms with Gasteiger partial charge in [-0.1, -0.05) is 13.8 Å². The number of carboxylic acids is 1. The van der Waals surface area contributed by atoms with E-state index in [0.29, 0.717) is 0 Å². The van der Waals surface area contributed by atoms with E-state index in [9.17, 15) is 9.59 Å². The molecule has 1 heterocycles. The van der Waals surface area contributed by atoms with Gasteiger partial charge in [-0.05, 0) is 18.3 Å². The van der Waals surface area contributed by atoms with Crippen molar-refractivity contribution in [1.29, 1.82) is 0 Å². The van der Waals surface area contributed by atoms with Crippen molar-refractivity contribution < 1.29 is 19.4 Å². The van der Waals surface area contributed by atoms with Crippen LogP contribution in [-0.4, -0.2) is 54.9 Å². The van der Waals surface area contributed by atoms with Gasteiger partial charge in [-0.2, -0.15) is 0 Å². The van der Waals surface area contributed by atoms with Gasteiger partial charge in [-0.3, -0.25) is 4.79 Å². The Balaban J connectivity index is 2.39. The lowest BCUT2D eigenvalue weighted by molar-refractivity contribution is -0.139. The molecule has 0 aromatic heterocycles. The first kappa shape index (κ1) is 15.8. The number of rotatable bonds is 5. The second-order valence-corrected chi connectivity index (χ2v) is 5.83. The Bertz CT molecular complexity index is 331. The molecule has 6 heteroatoms. The van der Waals surface area contributed by atoms with Crippen LogP contribution in [0.15, 0.2) is 0 Å². The zero-order chi connectivity index (χ0) is 14.5. The monoisotopic (exact) mass is 272 g/mol. The number of likely N-dealkylation sites (tertiary alicyclic amines) is 1. The summed E-state index contributed by atoms with van der Waals surface area (Å²) in [5.74, 6) is -0.930. The fourth-order valence-electron chi connectivity index (χ4n) is 2.34. The summed E-state index contributed by atoms with van der Waals surface area (Å²) in [7, 11) is 1.45. The predicted octanol–water partition coefficient (Wildman–Crippen LogP) is 1.31. The molecule has 1 rings (SSSR count). The van der Waals surface area contributed by atoms with Gasteiger partial charge in [0.1, 0.15) is 0 Å². The van der Waals surface area contributed by atoms with Crippen LogP contribution >= 0.6 is 0 Å². The Morgan fingerprint density at radius 2 is 2.16 bits per heavy atom. The Hall–Kier alpha value is -1.30. The first-order valence-corrected chi connectivity index (χ1v) is 6.61. The zero-order valence-electron chi connectivity index (χ0n) is 11.9. The van der Waals surface area contributed by atoms with Gasteiger partial charge in [-0.25, -0.2) is 4.79 Å². The smallest absolute Gasteiger partial charge is 0.317 e. The van der Waals surface area contributed by atoms with Crippen molar-refractivity contribution in [2.45, 2.75) is 39.2 Å². The van der Waals surface area contributed by atoms with Crippen molar-refractivity contribution in [2.75, 3.05) is 26.7 Å². The van der Waals surface area contributed by atoms with E-state index in [1.807, 2.05) is 0 Å². The third-order valence-corrected chi connectivity index (χ3v) is 3.40. The molecule has 0 saturated carbocycles. The van der Waals surface area contributed by atoms with E-state index in [2.05, 4.69) is 19.2 Å². The van der Waals surface area contributed by atoms with Crippen molar-refractivity contribution in [3.63, 3.8) is 0 Å². The quantitative estimate of drug-likeness (QED) is 0.791. The highest BCUT2D eigenvalue weighted by molar-refractivity contribution is 5.74. The Kier molecular flexibility index (Phi) is 5.60. The highest BCUT2D eigenvalue weighted by Gasteiger charge is 2.29. The number of hydrogen-bond donors (Lipinski definition) is 2. The number of nitrogens with one attached hydrogen (secondary N) is 1. The molecule has 0 aromatic rings. The van der Waals surface area contributed by atoms with Crippen LogP contribution in [0.25, 0.3) is 0 Å². The number of amides is 2. The molecule has 19 heavy (non-hydrogen) atoms. The minimum Gasteiger partial charge on any atom is -0.481 e. The molecule has 0 bridgehead atoms. The largest absolute Gasteiger partial charge is 0.481 e. The number of nitrogens with zero attached hydrogens (tertiary/aromatic N) is 1. The van der Waals surface area contributed by atoms with Crippen molar-refractivity contribution in [3.8, 4) is 0 Å². The van der Waals surface area contributed by atoms with Gasteiger partial charge < -0.3 is 20.1 Å². The number of aliphatic carboxylic acids is 1. The van der Waals surface area contributed by atoms with Gasteiger partial charge in [0, 0.05) is 26.7 Å². The number of urea groups is 1. The molecule has 110 valence electrons. The summed E-state index contributed by atoms with van der Waals surface area (Å²) in [6.07, 6.45) is 1.53. The van der Waals surface area contributed by atoms with Crippen LogP contribution in [0.5, 0.6) is 0 Å². The first-order valence-electron chi connectivity index (χ1n) is 6.61. The van der Waals surface area contributed by atoms with E-state index in [1.54, 1.807) is 4.90 Å². The second kappa shape index (κ2) is 6.75. The molecular formula is C13H24N2O4. The third-order valence-electron chi connectivity index (χ3n) is 3.40. The van der Waals surface area contributed by atoms with Gasteiger partial charge in [0.15, 0.2) is 0 Å². The maximum atomic E-state index is 12.0. The summed E-state index contributed by atoms with van der Waals surface area (Å²) in [6, 6.07) is -0.139. The molecule has 0 aliphatic carbocycles. The lowest BCUT2D eigenvalue weighted by Crippen LogP contribution is -2.49. The molecule has 2 amide bonds. The molecule has 0 radical (unpaired) electrons. The molecule has 1 aliphatic rings. The molecule has 2 N–H and O–H groups in total. The molecule has 0 aromatic carbocycles. The molecule has 1 atom stereocenters. The van der Waals surface area contributed by atoms with Crippen LogP contribution in [0.3, 0.4) is 0 Å². The van der Waals surface area contributed by atoms with Crippen LogP contribution in [-0.2, 0) is 9.53 Å².